The molecule has 0 atom stereocenters. The Morgan fingerprint density at radius 1 is 0.870 bits per heavy atom. The van der Waals surface area contributed by atoms with Gasteiger partial charge in [0.1, 0.15) is 27.8 Å². The number of hydrogen-bond acceptors (Lipinski definition) is 14. The van der Waals surface area contributed by atoms with Crippen LogP contribution in [0.5, 0.6) is 40.2 Å². The largest absolute Gasteiger partial charge is 0.497 e. The number of ether oxygens (including phenoxy) is 6. The van der Waals surface area contributed by atoms with E-state index in [0.29, 0.717) is 45.7 Å². The van der Waals surface area contributed by atoms with Crippen molar-refractivity contribution < 1.29 is 42.0 Å². The van der Waals surface area contributed by atoms with Gasteiger partial charge in [-0.2, -0.15) is 4.98 Å². The minimum absolute atomic E-state index is 0. The van der Waals surface area contributed by atoms with Gasteiger partial charge in [0.15, 0.2) is 35.0 Å². The summed E-state index contributed by atoms with van der Waals surface area (Å²) in [6.07, 6.45) is 1.27. The van der Waals surface area contributed by atoms with E-state index in [9.17, 15) is 4.57 Å². The predicted octanol–water partition coefficient (Wildman–Crippen LogP) is 5.99. The summed E-state index contributed by atoms with van der Waals surface area (Å²) in [5, 5.41) is 0.612. The van der Waals surface area contributed by atoms with Crippen LogP contribution in [0.4, 0.5) is 5.95 Å². The van der Waals surface area contributed by atoms with Crippen LogP contribution < -0.4 is 38.5 Å². The van der Waals surface area contributed by atoms with Crippen molar-refractivity contribution in [2.24, 2.45) is 0 Å². The van der Waals surface area contributed by atoms with Crippen molar-refractivity contribution in [1.82, 2.24) is 19.5 Å². The number of nitrogens with two attached hydrogens (primary N) is 1. The molecule has 0 aliphatic carbocycles. The van der Waals surface area contributed by atoms with Gasteiger partial charge in [-0.1, -0.05) is 19.2 Å². The summed E-state index contributed by atoms with van der Waals surface area (Å²) < 4.78 is 60.3. The number of imidazole rings is 1. The molecule has 2 aromatic heterocycles. The molecule has 2 aliphatic heterocycles. The Kier molecular flexibility index (Phi) is 8.97. The Morgan fingerprint density at radius 2 is 1.48 bits per heavy atom. The molecule has 14 nitrogen and oxygen atoms in total. The summed E-state index contributed by atoms with van der Waals surface area (Å²) in [6, 6.07) is 17.3. The molecule has 0 saturated heterocycles. The van der Waals surface area contributed by atoms with Crippen molar-refractivity contribution in [2.45, 2.75) is 23.9 Å². The summed E-state index contributed by atoms with van der Waals surface area (Å²) >= 11 is 1.41. The average Bonchev–Trinajstić information content (AvgIpc) is 3.79. The Balaban J connectivity index is 0.00000372. The number of benzene rings is 3. The number of anilines is 1. The molecule has 3 aromatic carbocycles. The van der Waals surface area contributed by atoms with E-state index in [0.717, 1.165) is 10.6 Å². The zero-order valence-corrected chi connectivity index (χ0v) is 25.5. The van der Waals surface area contributed by atoms with Gasteiger partial charge >= 0.3 is 7.60 Å². The van der Waals surface area contributed by atoms with Crippen LogP contribution in [0.3, 0.4) is 0 Å². The highest BCUT2D eigenvalue weighted by Crippen LogP contribution is 2.51. The molecule has 0 amide bonds. The van der Waals surface area contributed by atoms with Gasteiger partial charge in [0.2, 0.25) is 19.5 Å². The zero-order chi connectivity index (χ0) is 30.8. The van der Waals surface area contributed by atoms with Crippen LogP contribution in [0.25, 0.3) is 11.2 Å². The second-order valence-corrected chi connectivity index (χ2v) is 12.5. The maximum atomic E-state index is 14.0. The molecule has 0 fully saturated rings. The van der Waals surface area contributed by atoms with Crippen molar-refractivity contribution in [3.05, 3.63) is 67.0 Å². The van der Waals surface area contributed by atoms with Crippen LogP contribution in [0.2, 0.25) is 0 Å². The molecule has 2 N–H and O–H groups in total. The first-order valence-electron chi connectivity index (χ1n) is 13.6. The highest BCUT2D eigenvalue weighted by molar-refractivity contribution is 7.99. The van der Waals surface area contributed by atoms with Crippen molar-refractivity contribution in [3.8, 4) is 40.2 Å². The number of nitrogens with zero attached hydrogens (tertiary/aromatic N) is 4. The number of rotatable bonds is 12. The molecule has 4 heterocycles. The summed E-state index contributed by atoms with van der Waals surface area (Å²) in [5.74, 6) is 3.47. The first-order valence-corrected chi connectivity index (χ1v) is 16.1. The van der Waals surface area contributed by atoms with Crippen molar-refractivity contribution in [2.75, 3.05) is 39.4 Å². The summed E-state index contributed by atoms with van der Waals surface area (Å²) in [7, 11) is -2.31. The summed E-state index contributed by atoms with van der Waals surface area (Å²) in [5.41, 5.74) is 7.18. The van der Waals surface area contributed by atoms with Crippen LogP contribution in [-0.2, 0) is 15.8 Å². The van der Waals surface area contributed by atoms with Gasteiger partial charge in [-0.3, -0.25) is 0 Å². The highest BCUT2D eigenvalue weighted by Gasteiger charge is 2.31. The molecule has 16 heteroatoms. The average molecular weight is 668 g/mol. The van der Waals surface area contributed by atoms with Crippen LogP contribution in [-0.4, -0.2) is 53.2 Å². The van der Waals surface area contributed by atoms with Gasteiger partial charge in [-0.25, -0.2) is 14.5 Å². The van der Waals surface area contributed by atoms with E-state index >= 15 is 0 Å². The van der Waals surface area contributed by atoms with Gasteiger partial charge in [0.25, 0.3) is 0 Å². The molecule has 0 bridgehead atoms. The van der Waals surface area contributed by atoms with E-state index in [-0.39, 0.29) is 51.4 Å². The fourth-order valence-corrected chi connectivity index (χ4v) is 6.76. The number of fused-ring (bicyclic) bond motifs is 3. The summed E-state index contributed by atoms with van der Waals surface area (Å²) in [4.78, 5) is 14.2. The molecule has 0 saturated carbocycles. The molecular formula is C30H30N5O9PS. The maximum Gasteiger partial charge on any atom is 0.456 e. The first-order chi connectivity index (χ1) is 21.9. The summed E-state index contributed by atoms with van der Waals surface area (Å²) in [6.45, 7) is 0.645. The lowest BCUT2D eigenvalue weighted by Gasteiger charge is -2.20. The number of nitrogen functional groups attached to an aromatic ring is 1. The van der Waals surface area contributed by atoms with E-state index < -0.39 is 7.60 Å². The fourth-order valence-electron chi connectivity index (χ4n) is 4.52. The lowest BCUT2D eigenvalue weighted by Crippen LogP contribution is -2.12. The molecule has 5 aromatic rings. The second-order valence-electron chi connectivity index (χ2n) is 9.64. The van der Waals surface area contributed by atoms with Gasteiger partial charge in [0.05, 0.1) is 20.0 Å². The predicted molar refractivity (Wildman–Crippen MR) is 168 cm³/mol. The molecule has 46 heavy (non-hydrogen) atoms. The topological polar surface area (TPSA) is 161 Å². The van der Waals surface area contributed by atoms with Crippen LogP contribution >= 0.6 is 19.4 Å². The zero-order valence-electron chi connectivity index (χ0n) is 23.8. The number of aromatic nitrogens is 4. The van der Waals surface area contributed by atoms with Crippen LogP contribution in [0.1, 0.15) is 7.43 Å². The third kappa shape index (κ3) is 6.71. The van der Waals surface area contributed by atoms with Gasteiger partial charge in [0, 0.05) is 23.6 Å². The minimum atomic E-state index is -3.93. The monoisotopic (exact) mass is 667 g/mol. The quantitative estimate of drug-likeness (QED) is 0.0939. The maximum absolute atomic E-state index is 14.0. The van der Waals surface area contributed by atoms with Crippen molar-refractivity contribution in [1.29, 1.82) is 0 Å². The van der Waals surface area contributed by atoms with Crippen molar-refractivity contribution in [3.63, 3.8) is 0 Å². The van der Waals surface area contributed by atoms with E-state index in [1.807, 2.05) is 24.3 Å². The van der Waals surface area contributed by atoms with E-state index in [1.165, 1.54) is 11.8 Å². The van der Waals surface area contributed by atoms with Gasteiger partial charge in [-0.05, 0) is 48.5 Å². The molecule has 240 valence electrons. The Labute approximate surface area is 268 Å². The molecule has 0 radical (unpaired) electrons. The third-order valence-corrected chi connectivity index (χ3v) is 9.09. The first kappa shape index (κ1) is 31.1. The SMILES string of the molecule is C.COc1ccc(Sc2nc(N)nc3c2ncn3CCOCP(=O)(Oc2ccc3c(c2)OCO3)Oc2ccc3c(c2)OCO3)cc1. The molecule has 2 aliphatic rings. The Hall–Kier alpha value is -4.85. The normalized spacial score (nSPS) is 13.0. The smallest absolute Gasteiger partial charge is 0.456 e. The highest BCUT2D eigenvalue weighted by atomic mass is 32.2. The standard InChI is InChI=1S/C29H26N5O9PS.CH4/c1-36-18-2-6-21(7-3-18)45-28-26-27(32-29(30)33-28)34(14-31-26)10-11-37-17-44(35,42-19-4-8-22-24(12-19)40-15-38-22)43-20-5-9-23-25(13-20)41-16-39-23;/h2-9,12-14H,10-11,15-17H2,1H3,(H2,30,32,33);1H4. The number of hydrogen-bond donors (Lipinski definition) is 1. The van der Waals surface area contributed by atoms with Crippen LogP contribution in [0, 0.1) is 0 Å². The van der Waals surface area contributed by atoms with E-state index in [2.05, 4.69) is 15.0 Å². The van der Waals surface area contributed by atoms with Gasteiger partial charge in [-0.15, -0.1) is 0 Å². The number of methoxy groups -OCH3 is 1. The molecule has 7 rings (SSSR count). The third-order valence-electron chi connectivity index (χ3n) is 6.63. The molecule has 0 unspecified atom stereocenters. The van der Waals surface area contributed by atoms with E-state index in [1.54, 1.807) is 54.4 Å². The van der Waals surface area contributed by atoms with Gasteiger partial charge < -0.3 is 47.8 Å². The molecular weight excluding hydrogens is 637 g/mol. The second kappa shape index (κ2) is 13.3. The fraction of sp³-hybridized carbons (Fsp3) is 0.233. The molecule has 0 spiro atoms. The lowest BCUT2D eigenvalue weighted by molar-refractivity contribution is 0.152. The van der Waals surface area contributed by atoms with E-state index in [4.69, 9.17) is 43.2 Å². The Bertz CT molecular complexity index is 1840. The van der Waals surface area contributed by atoms with Crippen LogP contribution in [0.15, 0.2) is 76.9 Å². The minimum Gasteiger partial charge on any atom is -0.497 e. The Morgan fingerprint density at radius 3 is 2.11 bits per heavy atom. The lowest BCUT2D eigenvalue weighted by atomic mass is 10.3. The van der Waals surface area contributed by atoms with Crippen molar-refractivity contribution >= 4 is 36.5 Å².